The first-order valence-electron chi connectivity index (χ1n) is 7.04. The van der Waals surface area contributed by atoms with Gasteiger partial charge in [-0.25, -0.2) is 4.98 Å². The lowest BCUT2D eigenvalue weighted by atomic mass is 10.1. The molecule has 0 aliphatic carbocycles. The Hall–Kier alpha value is -3.48. The normalized spacial score (nSPS) is 11.6. The van der Waals surface area contributed by atoms with Crippen molar-refractivity contribution in [3.8, 4) is 0 Å². The molecule has 24 heavy (non-hydrogen) atoms. The van der Waals surface area contributed by atoms with Crippen LogP contribution in [0.25, 0.3) is 22.7 Å². The summed E-state index contributed by atoms with van der Waals surface area (Å²) in [5.74, 6) is -1.15. The molecule has 3 aromatic rings. The maximum absolute atomic E-state index is 11.0. The minimum atomic E-state index is -1.30. The predicted molar refractivity (Wildman–Crippen MR) is 84.6 cm³/mol. The van der Waals surface area contributed by atoms with Crippen LogP contribution in [0, 0.1) is 10.1 Å². The number of fused-ring (bicyclic) bond motifs is 1. The van der Waals surface area contributed by atoms with Crippen molar-refractivity contribution in [2.45, 2.75) is 6.42 Å². The van der Waals surface area contributed by atoms with Gasteiger partial charge in [-0.3, -0.25) is 10.1 Å². The zero-order valence-corrected chi connectivity index (χ0v) is 12.3. The Kier molecular flexibility index (Phi) is 4.07. The van der Waals surface area contributed by atoms with Crippen LogP contribution in [-0.2, 0) is 4.79 Å². The van der Waals surface area contributed by atoms with Crippen LogP contribution >= 0.6 is 0 Å². The van der Waals surface area contributed by atoms with Gasteiger partial charge in [0.2, 0.25) is 5.89 Å². The summed E-state index contributed by atoms with van der Waals surface area (Å²) in [6, 6.07) is 12.9. The average Bonchev–Trinajstić information content (AvgIpc) is 2.98. The second kappa shape index (κ2) is 6.33. The quantitative estimate of drug-likeness (QED) is 0.527. The molecule has 0 saturated carbocycles. The molecule has 120 valence electrons. The van der Waals surface area contributed by atoms with Gasteiger partial charge in [-0.1, -0.05) is 24.3 Å². The molecule has 1 aromatic heterocycles. The maximum Gasteiger partial charge on any atom is 0.270 e. The van der Waals surface area contributed by atoms with E-state index in [0.717, 1.165) is 0 Å². The van der Waals surface area contributed by atoms with E-state index in [1.165, 1.54) is 24.3 Å². The summed E-state index contributed by atoms with van der Waals surface area (Å²) >= 11 is 0. The van der Waals surface area contributed by atoms with E-state index in [-0.39, 0.29) is 17.2 Å². The number of carbonyl (C=O) groups excluding carboxylic acids is 1. The minimum absolute atomic E-state index is 0.0888. The Bertz CT molecular complexity index is 925. The monoisotopic (exact) mass is 323 g/mol. The molecule has 3 rings (SSSR count). The summed E-state index contributed by atoms with van der Waals surface area (Å²) in [4.78, 5) is 25.6. The zero-order valence-electron chi connectivity index (χ0n) is 12.3. The fourth-order valence-corrected chi connectivity index (χ4v) is 2.28. The van der Waals surface area contributed by atoms with Crippen LogP contribution in [0.15, 0.2) is 52.9 Å². The molecular formula is C17H11N2O5-. The van der Waals surface area contributed by atoms with Crippen LogP contribution < -0.4 is 5.11 Å². The highest BCUT2D eigenvalue weighted by atomic mass is 16.6. The number of oxazole rings is 1. The number of aromatic nitrogens is 1. The first-order valence-corrected chi connectivity index (χ1v) is 7.04. The Morgan fingerprint density at radius 2 is 2.00 bits per heavy atom. The topological polar surface area (TPSA) is 109 Å². The third-order valence-electron chi connectivity index (χ3n) is 3.33. The number of non-ortho nitro benzene ring substituents is 1. The van der Waals surface area contributed by atoms with Gasteiger partial charge in [0.05, 0.1) is 4.92 Å². The van der Waals surface area contributed by atoms with Gasteiger partial charge in [-0.15, -0.1) is 0 Å². The minimum Gasteiger partial charge on any atom is -0.550 e. The molecular weight excluding hydrogens is 312 g/mol. The summed E-state index contributed by atoms with van der Waals surface area (Å²) < 4.78 is 5.58. The lowest BCUT2D eigenvalue weighted by Gasteiger charge is -2.05. The highest BCUT2D eigenvalue weighted by Crippen LogP contribution is 2.26. The number of carbonyl (C=O) groups is 1. The number of nitro groups is 1. The van der Waals surface area contributed by atoms with Crippen LogP contribution in [0.1, 0.15) is 17.9 Å². The van der Waals surface area contributed by atoms with Crippen molar-refractivity contribution in [2.75, 3.05) is 0 Å². The summed E-state index contributed by atoms with van der Waals surface area (Å²) in [7, 11) is 0. The van der Waals surface area contributed by atoms with E-state index in [2.05, 4.69) is 4.98 Å². The van der Waals surface area contributed by atoms with Crippen LogP contribution in [-0.4, -0.2) is 15.9 Å². The summed E-state index contributed by atoms with van der Waals surface area (Å²) in [5, 5.41) is 21.9. The molecule has 0 amide bonds. The second-order valence-electron chi connectivity index (χ2n) is 5.06. The van der Waals surface area contributed by atoms with Gasteiger partial charge in [-0.05, 0) is 23.8 Å². The highest BCUT2D eigenvalue weighted by molar-refractivity contribution is 5.90. The molecule has 0 aliphatic rings. The molecule has 0 atom stereocenters. The number of aliphatic carboxylic acids is 1. The van der Waals surface area contributed by atoms with Crippen molar-refractivity contribution in [3.63, 3.8) is 0 Å². The van der Waals surface area contributed by atoms with Crippen LogP contribution in [0.3, 0.4) is 0 Å². The molecule has 7 nitrogen and oxygen atoms in total. The molecule has 0 spiro atoms. The van der Waals surface area contributed by atoms with Gasteiger partial charge in [0.25, 0.3) is 5.69 Å². The average molecular weight is 323 g/mol. The number of hydrogen-bond donors (Lipinski definition) is 0. The highest BCUT2D eigenvalue weighted by Gasteiger charge is 2.12. The molecule has 0 N–H and O–H groups in total. The van der Waals surface area contributed by atoms with E-state index in [4.69, 9.17) is 4.42 Å². The first-order chi connectivity index (χ1) is 11.5. The van der Waals surface area contributed by atoms with Crippen LogP contribution in [0.5, 0.6) is 0 Å². The lowest BCUT2D eigenvalue weighted by Crippen LogP contribution is -2.22. The van der Waals surface area contributed by atoms with E-state index in [0.29, 0.717) is 16.7 Å². The van der Waals surface area contributed by atoms with Gasteiger partial charge in [-0.2, -0.15) is 0 Å². The molecule has 0 fully saturated rings. The summed E-state index contributed by atoms with van der Waals surface area (Å²) in [6.45, 7) is 0. The van der Waals surface area contributed by atoms with Crippen molar-refractivity contribution in [1.82, 2.24) is 4.98 Å². The molecule has 0 bridgehead atoms. The number of nitrogens with zero attached hydrogens (tertiary/aromatic N) is 2. The van der Waals surface area contributed by atoms with Gasteiger partial charge in [0.15, 0.2) is 5.58 Å². The maximum atomic E-state index is 11.0. The van der Waals surface area contributed by atoms with E-state index >= 15 is 0 Å². The molecule has 0 unspecified atom stereocenters. The van der Waals surface area contributed by atoms with Crippen molar-refractivity contribution < 1.29 is 19.2 Å². The Labute approximate surface area is 136 Å². The van der Waals surface area contributed by atoms with Crippen molar-refractivity contribution in [1.29, 1.82) is 0 Å². The van der Waals surface area contributed by atoms with Crippen molar-refractivity contribution in [3.05, 3.63) is 70.1 Å². The van der Waals surface area contributed by atoms with E-state index in [1.54, 1.807) is 30.3 Å². The smallest absolute Gasteiger partial charge is 0.270 e. The molecule has 0 radical (unpaired) electrons. The SMILES string of the molecule is O=C([O-])C/C(=C\c1cccc([N+](=O)[O-])c1)c1nc2ccccc2o1. The van der Waals surface area contributed by atoms with Gasteiger partial charge >= 0.3 is 0 Å². The largest absolute Gasteiger partial charge is 0.550 e. The predicted octanol–water partition coefficient (Wildman–Crippen LogP) is 2.42. The number of rotatable bonds is 5. The number of carboxylic acids is 1. The zero-order chi connectivity index (χ0) is 17.1. The van der Waals surface area contributed by atoms with Gasteiger partial charge < -0.3 is 14.3 Å². The molecule has 1 heterocycles. The molecule has 2 aromatic carbocycles. The third kappa shape index (κ3) is 3.30. The standard InChI is InChI=1S/C17H12N2O5/c20-16(21)10-12(8-11-4-3-5-13(9-11)19(22)23)17-18-14-6-1-2-7-15(14)24-17/h1-9H,10H2,(H,20,21)/p-1/b12-8+. The number of hydrogen-bond acceptors (Lipinski definition) is 6. The van der Waals surface area contributed by atoms with Crippen LogP contribution in [0.4, 0.5) is 5.69 Å². The van der Waals surface area contributed by atoms with Gasteiger partial charge in [0.1, 0.15) is 5.52 Å². The fraction of sp³-hybridized carbons (Fsp3) is 0.0588. The second-order valence-corrected chi connectivity index (χ2v) is 5.06. The molecule has 7 heteroatoms. The number of para-hydroxylation sites is 2. The summed E-state index contributed by atoms with van der Waals surface area (Å²) in [5.41, 5.74) is 1.77. The number of carboxylic acid groups (broad SMARTS) is 1. The third-order valence-corrected chi connectivity index (χ3v) is 3.33. The first kappa shape index (κ1) is 15.4. The summed E-state index contributed by atoms with van der Waals surface area (Å²) in [6.07, 6.45) is 1.07. The number of benzene rings is 2. The molecule has 0 saturated heterocycles. The van der Waals surface area contributed by atoms with E-state index in [9.17, 15) is 20.0 Å². The van der Waals surface area contributed by atoms with E-state index in [1.807, 2.05) is 0 Å². The molecule has 0 aliphatic heterocycles. The van der Waals surface area contributed by atoms with E-state index < -0.39 is 17.3 Å². The number of nitro benzene ring substituents is 1. The lowest BCUT2D eigenvalue weighted by molar-refractivity contribution is -0.384. The fourth-order valence-electron chi connectivity index (χ4n) is 2.28. The van der Waals surface area contributed by atoms with Crippen molar-refractivity contribution >= 4 is 34.4 Å². The Balaban J connectivity index is 2.07. The Morgan fingerprint density at radius 3 is 2.71 bits per heavy atom. The van der Waals surface area contributed by atoms with Crippen LogP contribution in [0.2, 0.25) is 0 Å². The van der Waals surface area contributed by atoms with Crippen molar-refractivity contribution in [2.24, 2.45) is 0 Å². The van der Waals surface area contributed by atoms with Gasteiger partial charge in [0, 0.05) is 30.1 Å². The Morgan fingerprint density at radius 1 is 1.21 bits per heavy atom.